The van der Waals surface area contributed by atoms with E-state index in [4.69, 9.17) is 5.11 Å². The Morgan fingerprint density at radius 2 is 1.91 bits per heavy atom. The summed E-state index contributed by atoms with van der Waals surface area (Å²) < 4.78 is 0. The van der Waals surface area contributed by atoms with Crippen LogP contribution in [0, 0.1) is 18.8 Å². The van der Waals surface area contributed by atoms with E-state index in [9.17, 15) is 9.59 Å². The molecule has 1 unspecified atom stereocenters. The number of carboxylic acids is 1. The van der Waals surface area contributed by atoms with E-state index in [2.05, 4.69) is 9.88 Å². The highest BCUT2D eigenvalue weighted by molar-refractivity contribution is 7.13. The lowest BCUT2D eigenvalue weighted by Gasteiger charge is -2.33. The number of likely N-dealkylation sites (tertiary alicyclic amines) is 1. The maximum absolute atomic E-state index is 12.5. The number of carbonyl (C=O) groups excluding carboxylic acids is 1. The van der Waals surface area contributed by atoms with Crippen LogP contribution in [0.4, 0.5) is 5.13 Å². The summed E-state index contributed by atoms with van der Waals surface area (Å²) in [4.78, 5) is 32.0. The Hall–Kier alpha value is -1.63. The first-order valence-electron chi connectivity index (χ1n) is 7.73. The number of hydrogen-bond acceptors (Lipinski definition) is 5. The Bertz CT molecular complexity index is 566. The highest BCUT2D eigenvalue weighted by Gasteiger charge is 2.35. The number of carbonyl (C=O) groups is 2. The Kier molecular flexibility index (Phi) is 4.33. The first kappa shape index (κ1) is 15.3. The number of aryl methyl sites for hydroxylation is 1. The van der Waals surface area contributed by atoms with E-state index in [0.29, 0.717) is 19.5 Å². The van der Waals surface area contributed by atoms with Gasteiger partial charge in [-0.3, -0.25) is 9.59 Å². The SMILES string of the molecule is Cc1csc(N2CCC(C(=O)N3CCC(C(=O)O)C3)CC2)n1. The van der Waals surface area contributed by atoms with Crippen LogP contribution in [-0.4, -0.2) is 53.0 Å². The van der Waals surface area contributed by atoms with Gasteiger partial charge in [0, 0.05) is 37.5 Å². The van der Waals surface area contributed by atoms with Gasteiger partial charge >= 0.3 is 5.97 Å². The van der Waals surface area contributed by atoms with Gasteiger partial charge in [0.15, 0.2) is 5.13 Å². The monoisotopic (exact) mass is 323 g/mol. The number of nitrogens with zero attached hydrogens (tertiary/aromatic N) is 3. The second-order valence-electron chi connectivity index (χ2n) is 6.14. The average Bonchev–Trinajstić information content (AvgIpc) is 3.16. The summed E-state index contributed by atoms with van der Waals surface area (Å²) in [5, 5.41) is 12.1. The van der Waals surface area contributed by atoms with E-state index < -0.39 is 5.97 Å². The van der Waals surface area contributed by atoms with Crippen molar-refractivity contribution in [2.24, 2.45) is 11.8 Å². The van der Waals surface area contributed by atoms with Crippen LogP contribution in [-0.2, 0) is 9.59 Å². The van der Waals surface area contributed by atoms with Gasteiger partial charge in [0.1, 0.15) is 0 Å². The molecule has 3 heterocycles. The molecule has 0 spiro atoms. The van der Waals surface area contributed by atoms with Crippen LogP contribution in [0.5, 0.6) is 0 Å². The highest BCUT2D eigenvalue weighted by atomic mass is 32.1. The second kappa shape index (κ2) is 6.24. The normalized spacial score (nSPS) is 23.0. The predicted molar refractivity (Wildman–Crippen MR) is 84.1 cm³/mol. The van der Waals surface area contributed by atoms with Crippen molar-refractivity contribution in [1.82, 2.24) is 9.88 Å². The number of hydrogen-bond donors (Lipinski definition) is 1. The standard InChI is InChI=1S/C15H21N3O3S/c1-10-9-22-15(16-10)17-5-2-11(3-6-17)13(19)18-7-4-12(8-18)14(20)21/h9,11-12H,2-8H2,1H3,(H,20,21). The summed E-state index contributed by atoms with van der Waals surface area (Å²) >= 11 is 1.65. The molecular weight excluding hydrogens is 302 g/mol. The highest BCUT2D eigenvalue weighted by Crippen LogP contribution is 2.28. The molecule has 0 radical (unpaired) electrons. The van der Waals surface area contributed by atoms with E-state index in [1.165, 1.54) is 0 Å². The van der Waals surface area contributed by atoms with E-state index in [0.717, 1.165) is 36.8 Å². The average molecular weight is 323 g/mol. The summed E-state index contributed by atoms with van der Waals surface area (Å²) in [5.41, 5.74) is 1.04. The fourth-order valence-corrected chi connectivity index (χ4v) is 4.08. The van der Waals surface area contributed by atoms with Crippen LogP contribution in [0.1, 0.15) is 25.0 Å². The maximum atomic E-state index is 12.5. The van der Waals surface area contributed by atoms with Gasteiger partial charge in [0.2, 0.25) is 5.91 Å². The third kappa shape index (κ3) is 3.09. The summed E-state index contributed by atoms with van der Waals surface area (Å²) in [7, 11) is 0. The van der Waals surface area contributed by atoms with Crippen molar-refractivity contribution in [3.8, 4) is 0 Å². The van der Waals surface area contributed by atoms with Crippen LogP contribution < -0.4 is 4.90 Å². The molecular formula is C15H21N3O3S. The van der Waals surface area contributed by atoms with Crippen LogP contribution in [0.2, 0.25) is 0 Å². The maximum Gasteiger partial charge on any atom is 0.308 e. The molecule has 0 bridgehead atoms. The molecule has 2 aliphatic rings. The van der Waals surface area contributed by atoms with Crippen LogP contribution in [0.25, 0.3) is 0 Å². The van der Waals surface area contributed by atoms with E-state index in [-0.39, 0.29) is 17.7 Å². The van der Waals surface area contributed by atoms with Gasteiger partial charge < -0.3 is 14.9 Å². The number of aromatic nitrogens is 1. The summed E-state index contributed by atoms with van der Waals surface area (Å²) in [6, 6.07) is 0. The molecule has 1 N–H and O–H groups in total. The molecule has 1 aromatic rings. The quantitative estimate of drug-likeness (QED) is 0.914. The minimum Gasteiger partial charge on any atom is -0.481 e. The van der Waals surface area contributed by atoms with Crippen molar-refractivity contribution in [2.75, 3.05) is 31.1 Å². The first-order chi connectivity index (χ1) is 10.5. The fraction of sp³-hybridized carbons (Fsp3) is 0.667. The molecule has 2 saturated heterocycles. The van der Waals surface area contributed by atoms with E-state index in [1.807, 2.05) is 12.3 Å². The van der Waals surface area contributed by atoms with Gasteiger partial charge in [-0.05, 0) is 26.2 Å². The molecule has 2 fully saturated rings. The molecule has 6 nitrogen and oxygen atoms in total. The predicted octanol–water partition coefficient (Wildman–Crippen LogP) is 1.60. The molecule has 120 valence electrons. The number of carboxylic acid groups (broad SMARTS) is 1. The Labute approximate surface area is 133 Å². The molecule has 7 heteroatoms. The van der Waals surface area contributed by atoms with Crippen molar-refractivity contribution in [1.29, 1.82) is 0 Å². The number of piperidine rings is 1. The van der Waals surface area contributed by atoms with Crippen LogP contribution in [0.15, 0.2) is 5.38 Å². The van der Waals surface area contributed by atoms with Gasteiger partial charge in [-0.25, -0.2) is 4.98 Å². The van der Waals surface area contributed by atoms with Gasteiger partial charge in [-0.15, -0.1) is 11.3 Å². The second-order valence-corrected chi connectivity index (χ2v) is 6.98. The molecule has 22 heavy (non-hydrogen) atoms. The van der Waals surface area contributed by atoms with E-state index in [1.54, 1.807) is 16.2 Å². The molecule has 1 aromatic heterocycles. The number of anilines is 1. The third-order valence-corrected chi connectivity index (χ3v) is 5.59. The van der Waals surface area contributed by atoms with Crippen molar-refractivity contribution >= 4 is 28.3 Å². The van der Waals surface area contributed by atoms with Crippen molar-refractivity contribution in [3.63, 3.8) is 0 Å². The molecule has 1 amide bonds. The Balaban J connectivity index is 1.53. The lowest BCUT2D eigenvalue weighted by molar-refractivity contribution is -0.141. The summed E-state index contributed by atoms with van der Waals surface area (Å²) in [6.45, 7) is 4.64. The molecule has 0 aromatic carbocycles. The molecule has 2 aliphatic heterocycles. The number of rotatable bonds is 3. The van der Waals surface area contributed by atoms with E-state index >= 15 is 0 Å². The van der Waals surface area contributed by atoms with Gasteiger partial charge in [-0.2, -0.15) is 0 Å². The fourth-order valence-electron chi connectivity index (χ4n) is 3.22. The van der Waals surface area contributed by atoms with Crippen molar-refractivity contribution in [2.45, 2.75) is 26.2 Å². The Morgan fingerprint density at radius 1 is 1.23 bits per heavy atom. The minimum absolute atomic E-state index is 0.0323. The zero-order valence-corrected chi connectivity index (χ0v) is 13.5. The number of thiazole rings is 1. The molecule has 0 aliphatic carbocycles. The van der Waals surface area contributed by atoms with Crippen molar-refractivity contribution < 1.29 is 14.7 Å². The number of aliphatic carboxylic acids is 1. The van der Waals surface area contributed by atoms with Crippen molar-refractivity contribution in [3.05, 3.63) is 11.1 Å². The third-order valence-electron chi connectivity index (χ3n) is 4.57. The largest absolute Gasteiger partial charge is 0.481 e. The van der Waals surface area contributed by atoms with Gasteiger partial charge in [0.05, 0.1) is 11.6 Å². The van der Waals surface area contributed by atoms with Crippen LogP contribution >= 0.6 is 11.3 Å². The zero-order valence-electron chi connectivity index (χ0n) is 12.7. The van der Waals surface area contributed by atoms with Gasteiger partial charge in [-0.1, -0.05) is 0 Å². The lowest BCUT2D eigenvalue weighted by Crippen LogP contribution is -2.42. The smallest absolute Gasteiger partial charge is 0.308 e. The summed E-state index contributed by atoms with van der Waals surface area (Å²) in [5.74, 6) is -1.00. The zero-order chi connectivity index (χ0) is 15.7. The molecule has 3 rings (SSSR count). The number of amides is 1. The topological polar surface area (TPSA) is 73.7 Å². The minimum atomic E-state index is -0.788. The van der Waals surface area contributed by atoms with Crippen LogP contribution in [0.3, 0.4) is 0 Å². The van der Waals surface area contributed by atoms with Gasteiger partial charge in [0.25, 0.3) is 0 Å². The summed E-state index contributed by atoms with van der Waals surface area (Å²) in [6.07, 6.45) is 2.23. The lowest BCUT2D eigenvalue weighted by atomic mass is 9.95. The first-order valence-corrected chi connectivity index (χ1v) is 8.61. The molecule has 1 atom stereocenters. The Morgan fingerprint density at radius 3 is 2.45 bits per heavy atom. The molecule has 0 saturated carbocycles.